The van der Waals surface area contributed by atoms with Gasteiger partial charge in [-0.3, -0.25) is 4.79 Å². The highest BCUT2D eigenvalue weighted by molar-refractivity contribution is 5.92. The van der Waals surface area contributed by atoms with Crippen LogP contribution in [0.15, 0.2) is 18.2 Å². The van der Waals surface area contributed by atoms with Gasteiger partial charge in [0.1, 0.15) is 0 Å². The van der Waals surface area contributed by atoms with Gasteiger partial charge in [0, 0.05) is 42.0 Å². The molecule has 178 valence electrons. The van der Waals surface area contributed by atoms with Crippen molar-refractivity contribution < 1.29 is 4.79 Å². The molecule has 0 bridgehead atoms. The molecule has 0 atom stereocenters. The van der Waals surface area contributed by atoms with Crippen molar-refractivity contribution >= 4 is 28.3 Å². The molecule has 0 aliphatic heterocycles. The number of hydrogen-bond acceptors (Lipinski definition) is 4. The van der Waals surface area contributed by atoms with Crippen LogP contribution in [0.3, 0.4) is 0 Å². The highest BCUT2D eigenvalue weighted by Gasteiger charge is 2.23. The smallest absolute Gasteiger partial charge is 0.224 e. The Kier molecular flexibility index (Phi) is 7.15. The van der Waals surface area contributed by atoms with Crippen LogP contribution in [0.1, 0.15) is 69.1 Å². The number of hydrogen-bond donors (Lipinski definition) is 1. The predicted octanol–water partition coefficient (Wildman–Crippen LogP) is 5.84. The summed E-state index contributed by atoms with van der Waals surface area (Å²) >= 11 is 0. The van der Waals surface area contributed by atoms with Crippen molar-refractivity contribution in [3.63, 3.8) is 0 Å². The van der Waals surface area contributed by atoms with Crippen LogP contribution >= 0.6 is 0 Å². The molecule has 0 fully saturated rings. The molecule has 1 N–H and O–H groups in total. The first-order chi connectivity index (χ1) is 15.5. The third-order valence-corrected chi connectivity index (χ3v) is 6.42. The first-order valence-electron chi connectivity index (χ1n) is 12.0. The van der Waals surface area contributed by atoms with Gasteiger partial charge in [-0.15, -0.1) is 0 Å². The third-order valence-electron chi connectivity index (χ3n) is 6.42. The fraction of sp³-hybridized carbons (Fsp3) is 0.519. The van der Waals surface area contributed by atoms with E-state index in [1.165, 1.54) is 11.3 Å². The number of rotatable bonds is 7. The van der Waals surface area contributed by atoms with E-state index < -0.39 is 0 Å². The normalized spacial score (nSPS) is 11.8. The molecule has 0 unspecified atom stereocenters. The van der Waals surface area contributed by atoms with Crippen LogP contribution in [0, 0.1) is 27.7 Å². The number of aryl methyl sites for hydroxylation is 4. The SMILES string of the molecule is CCN(CC)c1ccc(NC(=O)CCc2c(C)nc3c(c(C)nn3C(C)(C)C)c2C)c(C)c1. The molecule has 0 radical (unpaired) electrons. The van der Waals surface area contributed by atoms with Gasteiger partial charge in [0.15, 0.2) is 5.65 Å². The summed E-state index contributed by atoms with van der Waals surface area (Å²) in [7, 11) is 0. The zero-order valence-corrected chi connectivity index (χ0v) is 21.8. The molecule has 0 aliphatic carbocycles. The molecule has 6 heteroatoms. The lowest BCUT2D eigenvalue weighted by molar-refractivity contribution is -0.116. The molecule has 0 saturated carbocycles. The van der Waals surface area contributed by atoms with E-state index in [0.29, 0.717) is 12.8 Å². The lowest BCUT2D eigenvalue weighted by Gasteiger charge is -2.22. The maximum Gasteiger partial charge on any atom is 0.224 e. The number of amides is 1. The highest BCUT2D eigenvalue weighted by Crippen LogP contribution is 2.30. The number of carbonyl (C=O) groups is 1. The Morgan fingerprint density at radius 3 is 2.30 bits per heavy atom. The quantitative estimate of drug-likeness (QED) is 0.492. The molecule has 6 nitrogen and oxygen atoms in total. The van der Waals surface area contributed by atoms with Crippen molar-refractivity contribution in [3.8, 4) is 0 Å². The van der Waals surface area contributed by atoms with E-state index >= 15 is 0 Å². The van der Waals surface area contributed by atoms with E-state index in [2.05, 4.69) is 63.9 Å². The Labute approximate surface area is 198 Å². The molecule has 0 saturated heterocycles. The second-order valence-corrected chi connectivity index (χ2v) is 9.89. The van der Waals surface area contributed by atoms with E-state index in [9.17, 15) is 4.79 Å². The summed E-state index contributed by atoms with van der Waals surface area (Å²) in [6.07, 6.45) is 1.07. The minimum atomic E-state index is -0.140. The number of anilines is 2. The second-order valence-electron chi connectivity index (χ2n) is 9.89. The molecule has 2 heterocycles. The Morgan fingerprint density at radius 2 is 1.73 bits per heavy atom. The summed E-state index contributed by atoms with van der Waals surface area (Å²) < 4.78 is 2.01. The summed E-state index contributed by atoms with van der Waals surface area (Å²) in [5.41, 5.74) is 8.20. The maximum absolute atomic E-state index is 12.8. The van der Waals surface area contributed by atoms with Gasteiger partial charge < -0.3 is 10.2 Å². The lowest BCUT2D eigenvalue weighted by Crippen LogP contribution is -2.23. The van der Waals surface area contributed by atoms with Crippen LogP contribution < -0.4 is 10.2 Å². The second kappa shape index (κ2) is 9.54. The number of pyridine rings is 1. The minimum absolute atomic E-state index is 0.0229. The molecule has 1 amide bonds. The summed E-state index contributed by atoms with van der Waals surface area (Å²) in [5, 5.41) is 8.97. The Balaban J connectivity index is 1.78. The predicted molar refractivity (Wildman–Crippen MR) is 138 cm³/mol. The number of fused-ring (bicyclic) bond motifs is 1. The van der Waals surface area contributed by atoms with Gasteiger partial charge in [0.05, 0.1) is 11.2 Å². The largest absolute Gasteiger partial charge is 0.372 e. The average Bonchev–Trinajstić information content (AvgIpc) is 3.07. The molecule has 0 aliphatic rings. The summed E-state index contributed by atoms with van der Waals surface area (Å²) in [5.74, 6) is 0.0229. The molecule has 33 heavy (non-hydrogen) atoms. The molecule has 0 spiro atoms. The molecule has 2 aromatic heterocycles. The van der Waals surface area contributed by atoms with Gasteiger partial charge in [0.25, 0.3) is 0 Å². The third kappa shape index (κ3) is 5.05. The van der Waals surface area contributed by atoms with E-state index in [1.54, 1.807) is 0 Å². The number of carbonyl (C=O) groups excluding carboxylic acids is 1. The fourth-order valence-electron chi connectivity index (χ4n) is 4.57. The van der Waals surface area contributed by atoms with Crippen LogP contribution in [0.4, 0.5) is 11.4 Å². The zero-order valence-electron chi connectivity index (χ0n) is 21.8. The van der Waals surface area contributed by atoms with E-state index in [0.717, 1.165) is 52.3 Å². The van der Waals surface area contributed by atoms with Crippen molar-refractivity contribution in [1.82, 2.24) is 14.8 Å². The topological polar surface area (TPSA) is 63.1 Å². The van der Waals surface area contributed by atoms with Gasteiger partial charge in [0.2, 0.25) is 5.91 Å². The zero-order chi connectivity index (χ0) is 24.5. The van der Waals surface area contributed by atoms with Gasteiger partial charge in [-0.1, -0.05) is 0 Å². The van der Waals surface area contributed by atoms with Crippen molar-refractivity contribution in [3.05, 3.63) is 46.3 Å². The molecule has 3 rings (SSSR count). The van der Waals surface area contributed by atoms with Crippen molar-refractivity contribution in [1.29, 1.82) is 0 Å². The van der Waals surface area contributed by atoms with Crippen LogP contribution in [0.5, 0.6) is 0 Å². The van der Waals surface area contributed by atoms with E-state index in [-0.39, 0.29) is 11.4 Å². The fourth-order valence-corrected chi connectivity index (χ4v) is 4.57. The summed E-state index contributed by atoms with van der Waals surface area (Å²) in [6, 6.07) is 6.23. The summed E-state index contributed by atoms with van der Waals surface area (Å²) in [4.78, 5) is 20.0. The number of nitrogens with one attached hydrogen (secondary N) is 1. The molecular weight excluding hydrogens is 410 g/mol. The monoisotopic (exact) mass is 449 g/mol. The summed E-state index contributed by atoms with van der Waals surface area (Å²) in [6.45, 7) is 20.9. The van der Waals surface area contributed by atoms with Crippen LogP contribution in [0.2, 0.25) is 0 Å². The molecular formula is C27H39N5O. The van der Waals surface area contributed by atoms with E-state index in [1.807, 2.05) is 31.5 Å². The maximum atomic E-state index is 12.8. The minimum Gasteiger partial charge on any atom is -0.372 e. The Morgan fingerprint density at radius 1 is 1.06 bits per heavy atom. The van der Waals surface area contributed by atoms with Gasteiger partial charge in [-0.2, -0.15) is 5.10 Å². The molecule has 3 aromatic rings. The lowest BCUT2D eigenvalue weighted by atomic mass is 9.99. The van der Waals surface area contributed by atoms with Gasteiger partial charge in [-0.05, 0) is 104 Å². The number of nitrogens with zero attached hydrogens (tertiary/aromatic N) is 4. The van der Waals surface area contributed by atoms with Crippen LogP contribution in [-0.4, -0.2) is 33.8 Å². The van der Waals surface area contributed by atoms with Crippen LogP contribution in [0.25, 0.3) is 11.0 Å². The van der Waals surface area contributed by atoms with Crippen molar-refractivity contribution in [2.24, 2.45) is 0 Å². The number of aromatic nitrogens is 3. The highest BCUT2D eigenvalue weighted by atomic mass is 16.1. The Hall–Kier alpha value is -2.89. The average molecular weight is 450 g/mol. The van der Waals surface area contributed by atoms with E-state index in [4.69, 9.17) is 10.1 Å². The van der Waals surface area contributed by atoms with Crippen molar-refractivity contribution in [2.45, 2.75) is 80.7 Å². The first kappa shape index (κ1) is 24.7. The first-order valence-corrected chi connectivity index (χ1v) is 12.0. The van der Waals surface area contributed by atoms with Gasteiger partial charge >= 0.3 is 0 Å². The van der Waals surface area contributed by atoms with Gasteiger partial charge in [-0.25, -0.2) is 9.67 Å². The molecule has 1 aromatic carbocycles. The Bertz CT molecular complexity index is 1170. The standard InChI is InChI=1S/C27H39N5O/c1-10-31(11-2)21-12-14-23(17(3)16-21)29-24(33)15-13-22-18(4)25-20(6)30-32(27(7,8)9)26(25)28-19(22)5/h12,14,16H,10-11,13,15H2,1-9H3,(H,29,33). The number of benzene rings is 1. The van der Waals surface area contributed by atoms with Crippen LogP contribution in [-0.2, 0) is 16.8 Å². The van der Waals surface area contributed by atoms with Crippen molar-refractivity contribution in [2.75, 3.05) is 23.3 Å².